The van der Waals surface area contributed by atoms with Crippen LogP contribution in [0, 0.1) is 5.82 Å². The van der Waals surface area contributed by atoms with Gasteiger partial charge >= 0.3 is 0 Å². The molecule has 0 bridgehead atoms. The summed E-state index contributed by atoms with van der Waals surface area (Å²) >= 11 is 3.37. The highest BCUT2D eigenvalue weighted by Crippen LogP contribution is 2.25. The van der Waals surface area contributed by atoms with Crippen molar-refractivity contribution in [3.05, 3.63) is 88.1 Å². The molecule has 0 heterocycles. The van der Waals surface area contributed by atoms with Crippen molar-refractivity contribution in [2.24, 2.45) is 0 Å². The molecule has 0 aliphatic heterocycles. The third-order valence-electron chi connectivity index (χ3n) is 4.03. The summed E-state index contributed by atoms with van der Waals surface area (Å²) in [7, 11) is 0. The van der Waals surface area contributed by atoms with Gasteiger partial charge in [0.15, 0.2) is 0 Å². The molecule has 7 heteroatoms. The van der Waals surface area contributed by atoms with E-state index in [9.17, 15) is 14.0 Å². The first-order valence-corrected chi connectivity index (χ1v) is 10.1. The molecule has 0 aliphatic rings. The molecule has 2 N–H and O–H groups in total. The van der Waals surface area contributed by atoms with Crippen molar-refractivity contribution in [3.8, 4) is 5.75 Å². The first kappa shape index (κ1) is 21.5. The third-order valence-corrected chi connectivity index (χ3v) is 4.53. The summed E-state index contributed by atoms with van der Waals surface area (Å²) < 4.78 is 19.5. The molecule has 0 atom stereocenters. The Hall–Kier alpha value is -3.19. The Morgan fingerprint density at radius 3 is 2.30 bits per heavy atom. The Morgan fingerprint density at radius 2 is 1.60 bits per heavy atom. The summed E-state index contributed by atoms with van der Waals surface area (Å²) in [6.45, 7) is 3.76. The predicted molar refractivity (Wildman–Crippen MR) is 119 cm³/mol. The van der Waals surface area contributed by atoms with Crippen LogP contribution in [0.3, 0.4) is 0 Å². The normalized spacial score (nSPS) is 10.6. The number of amides is 2. The van der Waals surface area contributed by atoms with Crippen LogP contribution >= 0.6 is 15.9 Å². The van der Waals surface area contributed by atoms with E-state index in [0.717, 1.165) is 4.47 Å². The van der Waals surface area contributed by atoms with Crippen LogP contribution in [0.15, 0.2) is 71.2 Å². The summed E-state index contributed by atoms with van der Waals surface area (Å²) in [5.74, 6) is -0.644. The summed E-state index contributed by atoms with van der Waals surface area (Å²) in [5.41, 5.74) is 1.66. The van der Waals surface area contributed by atoms with Gasteiger partial charge in [-0.2, -0.15) is 0 Å². The number of anilines is 2. The number of carbonyl (C=O) groups excluding carboxylic acids is 2. The lowest BCUT2D eigenvalue weighted by Crippen LogP contribution is -2.17. The summed E-state index contributed by atoms with van der Waals surface area (Å²) in [6, 6.07) is 17.2. The summed E-state index contributed by atoms with van der Waals surface area (Å²) in [6.07, 6.45) is -0.0868. The molecule has 5 nitrogen and oxygen atoms in total. The smallest absolute Gasteiger partial charge is 0.259 e. The number of halogens is 2. The van der Waals surface area contributed by atoms with E-state index < -0.39 is 0 Å². The number of nitrogens with one attached hydrogen (secondary N) is 2. The number of benzene rings is 3. The molecular formula is C23H20BrFN2O3. The zero-order valence-electron chi connectivity index (χ0n) is 16.4. The van der Waals surface area contributed by atoms with Crippen molar-refractivity contribution < 1.29 is 18.7 Å². The second-order valence-corrected chi connectivity index (χ2v) is 7.72. The second-order valence-electron chi connectivity index (χ2n) is 6.80. The lowest BCUT2D eigenvalue weighted by Gasteiger charge is -2.15. The van der Waals surface area contributed by atoms with Crippen LogP contribution in [-0.4, -0.2) is 17.9 Å². The minimum Gasteiger partial charge on any atom is -0.490 e. The Morgan fingerprint density at radius 1 is 0.900 bits per heavy atom. The van der Waals surface area contributed by atoms with Crippen LogP contribution in [0.2, 0.25) is 0 Å². The van der Waals surface area contributed by atoms with Crippen molar-refractivity contribution in [2.45, 2.75) is 20.0 Å². The topological polar surface area (TPSA) is 67.4 Å². The van der Waals surface area contributed by atoms with Gasteiger partial charge in [-0.1, -0.05) is 22.0 Å². The highest BCUT2D eigenvalue weighted by molar-refractivity contribution is 9.10. The van der Waals surface area contributed by atoms with E-state index in [-0.39, 0.29) is 23.7 Å². The molecule has 3 aromatic rings. The predicted octanol–water partition coefficient (Wildman–Crippen LogP) is 5.88. The molecular weight excluding hydrogens is 451 g/mol. The first-order chi connectivity index (χ1) is 14.3. The average molecular weight is 471 g/mol. The molecule has 3 rings (SSSR count). The number of rotatable bonds is 6. The van der Waals surface area contributed by atoms with Gasteiger partial charge in [-0.3, -0.25) is 9.59 Å². The fraction of sp³-hybridized carbons (Fsp3) is 0.130. The largest absolute Gasteiger partial charge is 0.490 e. The zero-order chi connectivity index (χ0) is 21.7. The van der Waals surface area contributed by atoms with Gasteiger partial charge in [0.25, 0.3) is 11.8 Å². The van der Waals surface area contributed by atoms with E-state index >= 15 is 0 Å². The first-order valence-electron chi connectivity index (χ1n) is 9.26. The van der Waals surface area contributed by atoms with Gasteiger partial charge in [0.1, 0.15) is 11.6 Å². The van der Waals surface area contributed by atoms with Crippen LogP contribution in [0.4, 0.5) is 15.8 Å². The summed E-state index contributed by atoms with van der Waals surface area (Å²) in [5, 5.41) is 5.49. The lowest BCUT2D eigenvalue weighted by atomic mass is 10.1. The van der Waals surface area contributed by atoms with Crippen molar-refractivity contribution in [1.29, 1.82) is 0 Å². The van der Waals surface area contributed by atoms with E-state index in [1.807, 2.05) is 13.8 Å². The van der Waals surface area contributed by atoms with E-state index in [0.29, 0.717) is 28.3 Å². The molecule has 0 saturated heterocycles. The Balaban J connectivity index is 1.76. The maximum Gasteiger partial charge on any atom is 0.259 e. The number of hydrogen-bond acceptors (Lipinski definition) is 3. The molecule has 30 heavy (non-hydrogen) atoms. The van der Waals surface area contributed by atoms with Gasteiger partial charge in [0.05, 0.1) is 11.7 Å². The monoisotopic (exact) mass is 470 g/mol. The Bertz CT molecular complexity index is 1070. The van der Waals surface area contributed by atoms with Crippen molar-refractivity contribution in [2.75, 3.05) is 10.6 Å². The van der Waals surface area contributed by atoms with Crippen molar-refractivity contribution in [3.63, 3.8) is 0 Å². The number of hydrogen-bond donors (Lipinski definition) is 2. The lowest BCUT2D eigenvalue weighted by molar-refractivity contribution is 0.101. The molecule has 3 aromatic carbocycles. The molecule has 0 saturated carbocycles. The third kappa shape index (κ3) is 5.67. The van der Waals surface area contributed by atoms with Crippen LogP contribution in [0.25, 0.3) is 0 Å². The fourth-order valence-corrected chi connectivity index (χ4v) is 3.07. The van der Waals surface area contributed by atoms with Crippen LogP contribution in [0.5, 0.6) is 5.75 Å². The van der Waals surface area contributed by atoms with Gasteiger partial charge < -0.3 is 15.4 Å². The zero-order valence-corrected chi connectivity index (χ0v) is 18.0. The average Bonchev–Trinajstić information content (AvgIpc) is 2.71. The molecule has 0 spiro atoms. The molecule has 0 radical (unpaired) electrons. The van der Waals surface area contributed by atoms with Gasteiger partial charge in [0, 0.05) is 21.4 Å². The van der Waals surface area contributed by atoms with Gasteiger partial charge in [0.2, 0.25) is 0 Å². The molecule has 2 amide bonds. The minimum atomic E-state index is -0.383. The molecule has 0 aliphatic carbocycles. The van der Waals surface area contributed by atoms with E-state index in [1.54, 1.807) is 42.5 Å². The van der Waals surface area contributed by atoms with Crippen LogP contribution in [-0.2, 0) is 0 Å². The van der Waals surface area contributed by atoms with E-state index in [4.69, 9.17) is 4.74 Å². The molecule has 0 unspecified atom stereocenters. The van der Waals surface area contributed by atoms with Gasteiger partial charge in [-0.05, 0) is 74.5 Å². The molecule has 0 aromatic heterocycles. The van der Waals surface area contributed by atoms with Crippen LogP contribution in [0.1, 0.15) is 34.6 Å². The second kappa shape index (κ2) is 9.54. The number of ether oxygens (including phenoxy) is 1. The standard InChI is InChI=1S/C23H20BrFN2O3/c1-14(2)30-21-11-6-16(24)13-20(21)23(29)27-19-5-3-4-15(12-19)22(28)26-18-9-7-17(25)8-10-18/h3-14H,1-2H3,(H,26,28)(H,27,29). The Kier molecular flexibility index (Phi) is 6.84. The van der Waals surface area contributed by atoms with Gasteiger partial charge in [-0.25, -0.2) is 4.39 Å². The number of carbonyl (C=O) groups is 2. The summed E-state index contributed by atoms with van der Waals surface area (Å²) in [4.78, 5) is 25.3. The van der Waals surface area contributed by atoms with Crippen molar-refractivity contribution in [1.82, 2.24) is 0 Å². The minimum absolute atomic E-state index is 0.0868. The molecule has 154 valence electrons. The molecule has 0 fully saturated rings. The SMILES string of the molecule is CC(C)Oc1ccc(Br)cc1C(=O)Nc1cccc(C(=O)Nc2ccc(F)cc2)c1. The van der Waals surface area contributed by atoms with Crippen LogP contribution < -0.4 is 15.4 Å². The van der Waals surface area contributed by atoms with E-state index in [2.05, 4.69) is 26.6 Å². The van der Waals surface area contributed by atoms with E-state index in [1.165, 1.54) is 24.3 Å². The maximum absolute atomic E-state index is 13.0. The maximum atomic E-state index is 13.0. The highest BCUT2D eigenvalue weighted by Gasteiger charge is 2.16. The Labute approximate surface area is 182 Å². The van der Waals surface area contributed by atoms with Gasteiger partial charge in [-0.15, -0.1) is 0 Å². The quantitative estimate of drug-likeness (QED) is 0.472. The van der Waals surface area contributed by atoms with Crippen molar-refractivity contribution >= 4 is 39.1 Å². The highest BCUT2D eigenvalue weighted by atomic mass is 79.9. The fourth-order valence-electron chi connectivity index (χ4n) is 2.71.